The smallest absolute Gasteiger partial charge is 0.127 e. The Morgan fingerprint density at radius 3 is 2.55 bits per heavy atom. The zero-order valence-electron chi connectivity index (χ0n) is 11.1. The molecule has 4 N–H and O–H groups in total. The summed E-state index contributed by atoms with van der Waals surface area (Å²) in [6.07, 6.45) is 5.79. The Hall–Kier alpha value is -1.27. The lowest BCUT2D eigenvalue weighted by Gasteiger charge is -2.32. The van der Waals surface area contributed by atoms with Gasteiger partial charge >= 0.3 is 0 Å². The number of nitrogens with two attached hydrogens (primary N) is 1. The molecule has 0 saturated carbocycles. The molecule has 0 bridgehead atoms. The first-order valence-electron chi connectivity index (χ1n) is 6.49. The van der Waals surface area contributed by atoms with E-state index >= 15 is 0 Å². The van der Waals surface area contributed by atoms with Crippen LogP contribution in [-0.2, 0) is 5.54 Å². The maximum atomic E-state index is 9.08. The van der Waals surface area contributed by atoms with Gasteiger partial charge in [-0.2, -0.15) is 0 Å². The maximum Gasteiger partial charge on any atom is 0.127 e. The van der Waals surface area contributed by atoms with Gasteiger partial charge in [0.05, 0.1) is 35.7 Å². The molecule has 1 aliphatic carbocycles. The Balaban J connectivity index is 2.21. The van der Waals surface area contributed by atoms with Crippen LogP contribution in [0.25, 0.3) is 0 Å². The highest BCUT2D eigenvalue weighted by atomic mass is 35.5. The SMILES string of the molecule is NC1(c2ccco2)C=C(Cl)C(N(CCO)CCO)=CC1. The van der Waals surface area contributed by atoms with Crippen molar-refractivity contribution in [3.63, 3.8) is 0 Å². The van der Waals surface area contributed by atoms with Gasteiger partial charge in [0.2, 0.25) is 0 Å². The standard InChI is InChI=1S/C14H19ClN2O3/c15-11-10-14(16,13-2-1-9-20-13)4-3-12(11)17(5-7-18)6-8-19/h1-3,9-10,18-19H,4-8,16H2. The molecular weight excluding hydrogens is 280 g/mol. The van der Waals surface area contributed by atoms with Gasteiger partial charge in [-0.25, -0.2) is 0 Å². The number of aliphatic hydroxyl groups excluding tert-OH is 2. The third-order valence-corrected chi connectivity index (χ3v) is 3.63. The van der Waals surface area contributed by atoms with Gasteiger partial charge in [-0.3, -0.25) is 0 Å². The fourth-order valence-electron chi connectivity index (χ4n) is 2.31. The molecule has 1 aromatic rings. The molecule has 2 rings (SSSR count). The monoisotopic (exact) mass is 298 g/mol. The van der Waals surface area contributed by atoms with Gasteiger partial charge < -0.3 is 25.3 Å². The van der Waals surface area contributed by atoms with Crippen LogP contribution in [-0.4, -0.2) is 41.4 Å². The number of aliphatic hydroxyl groups is 2. The van der Waals surface area contributed by atoms with Crippen molar-refractivity contribution < 1.29 is 14.6 Å². The van der Waals surface area contributed by atoms with E-state index < -0.39 is 5.54 Å². The van der Waals surface area contributed by atoms with Crippen molar-refractivity contribution in [3.8, 4) is 0 Å². The predicted molar refractivity (Wildman–Crippen MR) is 77.0 cm³/mol. The molecular formula is C14H19ClN2O3. The summed E-state index contributed by atoms with van der Waals surface area (Å²) in [7, 11) is 0. The van der Waals surface area contributed by atoms with E-state index in [1.807, 2.05) is 17.0 Å². The average Bonchev–Trinajstić information content (AvgIpc) is 2.93. The summed E-state index contributed by atoms with van der Waals surface area (Å²) in [6.45, 7) is 0.810. The number of furan rings is 1. The lowest BCUT2D eigenvalue weighted by molar-refractivity contribution is 0.190. The van der Waals surface area contributed by atoms with Crippen LogP contribution in [0.2, 0.25) is 0 Å². The summed E-state index contributed by atoms with van der Waals surface area (Å²) >= 11 is 6.32. The predicted octanol–water partition coefficient (Wildman–Crippen LogP) is 1.13. The lowest BCUT2D eigenvalue weighted by Crippen LogP contribution is -2.38. The van der Waals surface area contributed by atoms with Crippen molar-refractivity contribution in [1.82, 2.24) is 4.90 Å². The van der Waals surface area contributed by atoms with E-state index in [1.165, 1.54) is 0 Å². The molecule has 1 aromatic heterocycles. The van der Waals surface area contributed by atoms with Crippen molar-refractivity contribution in [2.75, 3.05) is 26.3 Å². The van der Waals surface area contributed by atoms with Crippen molar-refractivity contribution in [1.29, 1.82) is 0 Å². The highest BCUT2D eigenvalue weighted by Crippen LogP contribution is 2.35. The van der Waals surface area contributed by atoms with Crippen LogP contribution in [0, 0.1) is 0 Å². The summed E-state index contributed by atoms with van der Waals surface area (Å²) in [5, 5.41) is 18.7. The van der Waals surface area contributed by atoms with Crippen LogP contribution in [0.15, 0.2) is 45.7 Å². The van der Waals surface area contributed by atoms with Crippen molar-refractivity contribution >= 4 is 11.6 Å². The fraction of sp³-hybridized carbons (Fsp3) is 0.429. The van der Waals surface area contributed by atoms with E-state index in [0.717, 1.165) is 5.70 Å². The van der Waals surface area contributed by atoms with E-state index in [2.05, 4.69) is 0 Å². The van der Waals surface area contributed by atoms with Gasteiger partial charge in [-0.05, 0) is 24.6 Å². The van der Waals surface area contributed by atoms with Crippen molar-refractivity contribution in [2.45, 2.75) is 12.0 Å². The molecule has 0 spiro atoms. The first kappa shape index (κ1) is 15.1. The van der Waals surface area contributed by atoms with Crippen LogP contribution in [0.4, 0.5) is 0 Å². The highest BCUT2D eigenvalue weighted by molar-refractivity contribution is 6.32. The molecule has 0 aromatic carbocycles. The third-order valence-electron chi connectivity index (χ3n) is 3.32. The van der Waals surface area contributed by atoms with Crippen molar-refractivity contribution in [3.05, 3.63) is 47.0 Å². The molecule has 20 heavy (non-hydrogen) atoms. The second-order valence-electron chi connectivity index (χ2n) is 4.74. The minimum Gasteiger partial charge on any atom is -0.467 e. The Bertz CT molecular complexity index is 493. The molecule has 0 radical (unpaired) electrons. The van der Waals surface area contributed by atoms with Gasteiger partial charge in [0.1, 0.15) is 5.76 Å². The number of halogens is 1. The zero-order valence-corrected chi connectivity index (χ0v) is 11.9. The molecule has 0 saturated heterocycles. The molecule has 1 unspecified atom stereocenters. The van der Waals surface area contributed by atoms with Gasteiger partial charge in [-0.1, -0.05) is 17.7 Å². The molecule has 0 aliphatic heterocycles. The van der Waals surface area contributed by atoms with Crippen LogP contribution in [0.3, 0.4) is 0 Å². The summed E-state index contributed by atoms with van der Waals surface area (Å²) in [5.74, 6) is 0.654. The van der Waals surface area contributed by atoms with E-state index in [1.54, 1.807) is 18.4 Å². The molecule has 110 valence electrons. The molecule has 1 aliphatic rings. The maximum absolute atomic E-state index is 9.08. The van der Waals surface area contributed by atoms with Crippen LogP contribution < -0.4 is 5.73 Å². The first-order valence-corrected chi connectivity index (χ1v) is 6.87. The quantitative estimate of drug-likeness (QED) is 0.733. The fourth-order valence-corrected chi connectivity index (χ4v) is 2.70. The molecule has 0 amide bonds. The summed E-state index contributed by atoms with van der Waals surface area (Å²) in [6, 6.07) is 3.60. The molecule has 1 atom stereocenters. The van der Waals surface area contributed by atoms with Gasteiger partial charge in [0, 0.05) is 13.1 Å². The molecule has 1 heterocycles. The topological polar surface area (TPSA) is 82.9 Å². The van der Waals surface area contributed by atoms with Crippen LogP contribution >= 0.6 is 11.6 Å². The van der Waals surface area contributed by atoms with Gasteiger partial charge in [-0.15, -0.1) is 0 Å². The minimum atomic E-state index is -0.756. The number of hydrogen-bond donors (Lipinski definition) is 3. The van der Waals surface area contributed by atoms with Gasteiger partial charge in [0.25, 0.3) is 0 Å². The largest absolute Gasteiger partial charge is 0.467 e. The average molecular weight is 299 g/mol. The molecule has 5 nitrogen and oxygen atoms in total. The lowest BCUT2D eigenvalue weighted by atomic mass is 9.88. The highest BCUT2D eigenvalue weighted by Gasteiger charge is 2.32. The Morgan fingerprint density at radius 1 is 1.35 bits per heavy atom. The first-order chi connectivity index (χ1) is 9.60. The second-order valence-corrected chi connectivity index (χ2v) is 5.14. The second kappa shape index (κ2) is 6.45. The van der Waals surface area contributed by atoms with E-state index in [0.29, 0.717) is 30.3 Å². The van der Waals surface area contributed by atoms with Crippen molar-refractivity contribution in [2.24, 2.45) is 5.73 Å². The normalized spacial score (nSPS) is 22.4. The zero-order chi connectivity index (χ0) is 14.6. The van der Waals surface area contributed by atoms with Crippen LogP contribution in [0.1, 0.15) is 12.2 Å². The van der Waals surface area contributed by atoms with Crippen LogP contribution in [0.5, 0.6) is 0 Å². The summed E-state index contributed by atoms with van der Waals surface area (Å²) in [4.78, 5) is 1.83. The number of hydrogen-bond acceptors (Lipinski definition) is 5. The Labute approximate surface area is 122 Å². The summed E-state index contributed by atoms with van der Waals surface area (Å²) < 4.78 is 5.36. The number of allylic oxidation sites excluding steroid dienone is 1. The number of rotatable bonds is 6. The third kappa shape index (κ3) is 3.07. The molecule has 6 heteroatoms. The minimum absolute atomic E-state index is 0.00649. The van der Waals surface area contributed by atoms with E-state index in [4.69, 9.17) is 32.0 Å². The van der Waals surface area contributed by atoms with E-state index in [9.17, 15) is 0 Å². The Morgan fingerprint density at radius 2 is 2.05 bits per heavy atom. The Kier molecular flexibility index (Phi) is 4.88. The van der Waals surface area contributed by atoms with E-state index in [-0.39, 0.29) is 13.2 Å². The van der Waals surface area contributed by atoms with Gasteiger partial charge in [0.15, 0.2) is 0 Å². The number of nitrogens with zero attached hydrogens (tertiary/aromatic N) is 1. The summed E-state index contributed by atoms with van der Waals surface area (Å²) in [5.41, 5.74) is 6.33. The molecule has 0 fully saturated rings.